The van der Waals surface area contributed by atoms with Crippen LogP contribution in [0, 0.1) is 11.7 Å². The minimum absolute atomic E-state index is 0.0493. The number of piperidine rings is 1. The van der Waals surface area contributed by atoms with Gasteiger partial charge in [0, 0.05) is 18.0 Å². The van der Waals surface area contributed by atoms with Crippen molar-refractivity contribution in [1.82, 2.24) is 5.32 Å². The number of benzene rings is 1. The van der Waals surface area contributed by atoms with Crippen molar-refractivity contribution in [2.45, 2.75) is 38.3 Å². The maximum atomic E-state index is 12.9. The number of hydrogen-bond acceptors (Lipinski definition) is 3. The quantitative estimate of drug-likeness (QED) is 0.879. The average Bonchev–Trinajstić information content (AvgIpc) is 2.38. The van der Waals surface area contributed by atoms with E-state index in [0.29, 0.717) is 5.75 Å². The summed E-state index contributed by atoms with van der Waals surface area (Å²) in [6.07, 6.45) is 1.88. The molecule has 1 aromatic carbocycles. The molecule has 3 unspecified atom stereocenters. The Morgan fingerprint density at radius 1 is 1.47 bits per heavy atom. The molecule has 1 fully saturated rings. The maximum absolute atomic E-state index is 12.9. The van der Waals surface area contributed by atoms with Crippen LogP contribution in [-0.2, 0) is 0 Å². The van der Waals surface area contributed by atoms with Crippen LogP contribution in [0.15, 0.2) is 24.3 Å². The summed E-state index contributed by atoms with van der Waals surface area (Å²) in [4.78, 5) is 0. The molecule has 2 rings (SSSR count). The Hall–Kier alpha value is -1.13. The van der Waals surface area contributed by atoms with Crippen LogP contribution in [0.4, 0.5) is 4.39 Å². The van der Waals surface area contributed by atoms with E-state index in [0.717, 1.165) is 25.9 Å². The Labute approximate surface area is 114 Å². The van der Waals surface area contributed by atoms with Crippen molar-refractivity contribution in [3.8, 4) is 5.75 Å². The van der Waals surface area contributed by atoms with Crippen molar-refractivity contribution in [1.29, 1.82) is 0 Å². The molecule has 0 aliphatic carbocycles. The highest BCUT2D eigenvalue weighted by atomic mass is 19.1. The van der Waals surface area contributed by atoms with Crippen LogP contribution in [0.5, 0.6) is 5.75 Å². The average molecular weight is 266 g/mol. The lowest BCUT2D eigenvalue weighted by Gasteiger charge is -2.42. The topological polar surface area (TPSA) is 47.3 Å². The Bertz CT molecular complexity index is 405. The molecule has 0 amide bonds. The summed E-state index contributed by atoms with van der Waals surface area (Å²) < 4.78 is 18.9. The van der Waals surface area contributed by atoms with E-state index >= 15 is 0 Å². The van der Waals surface area contributed by atoms with Crippen LogP contribution < -0.4 is 15.8 Å². The highest BCUT2D eigenvalue weighted by molar-refractivity contribution is 5.22. The van der Waals surface area contributed by atoms with Gasteiger partial charge in [-0.25, -0.2) is 4.39 Å². The Morgan fingerprint density at radius 2 is 2.16 bits per heavy atom. The van der Waals surface area contributed by atoms with Crippen molar-refractivity contribution < 1.29 is 9.13 Å². The third kappa shape index (κ3) is 3.45. The lowest BCUT2D eigenvalue weighted by molar-refractivity contribution is 0.0633. The summed E-state index contributed by atoms with van der Waals surface area (Å²) in [6.45, 7) is 6.01. The molecule has 3 nitrogen and oxygen atoms in total. The molecule has 3 N–H and O–H groups in total. The normalized spacial score (nSPS) is 28.9. The van der Waals surface area contributed by atoms with E-state index in [9.17, 15) is 4.39 Å². The van der Waals surface area contributed by atoms with E-state index in [-0.39, 0.29) is 23.4 Å². The Balaban J connectivity index is 2.08. The number of hydrogen-bond donors (Lipinski definition) is 2. The third-order valence-corrected chi connectivity index (χ3v) is 4.00. The molecule has 1 heterocycles. The van der Waals surface area contributed by atoms with Crippen LogP contribution in [-0.4, -0.2) is 24.7 Å². The zero-order chi connectivity index (χ0) is 13.9. The molecule has 0 aromatic heterocycles. The first kappa shape index (κ1) is 14.3. The molecule has 0 spiro atoms. The second-order valence-corrected chi connectivity index (χ2v) is 5.58. The molecule has 0 saturated carbocycles. The van der Waals surface area contributed by atoms with Gasteiger partial charge in [0.2, 0.25) is 0 Å². The van der Waals surface area contributed by atoms with Gasteiger partial charge in [-0.3, -0.25) is 0 Å². The molecule has 3 atom stereocenters. The van der Waals surface area contributed by atoms with Crippen LogP contribution >= 0.6 is 0 Å². The number of halogens is 1. The van der Waals surface area contributed by atoms with E-state index in [2.05, 4.69) is 19.2 Å². The lowest BCUT2D eigenvalue weighted by Crippen LogP contribution is -2.59. The van der Waals surface area contributed by atoms with Crippen molar-refractivity contribution in [2.24, 2.45) is 11.7 Å². The molecule has 1 aliphatic heterocycles. The van der Waals surface area contributed by atoms with E-state index in [4.69, 9.17) is 10.5 Å². The minimum atomic E-state index is -0.247. The molecule has 1 saturated heterocycles. The number of nitrogens with one attached hydrogen (secondary N) is 1. The summed E-state index contributed by atoms with van der Waals surface area (Å²) in [5.74, 6) is 0.717. The van der Waals surface area contributed by atoms with Crippen LogP contribution in [0.25, 0.3) is 0 Å². The molecule has 19 heavy (non-hydrogen) atoms. The zero-order valence-corrected chi connectivity index (χ0v) is 11.7. The van der Waals surface area contributed by atoms with Crippen molar-refractivity contribution in [3.63, 3.8) is 0 Å². The van der Waals surface area contributed by atoms with Gasteiger partial charge < -0.3 is 15.8 Å². The van der Waals surface area contributed by atoms with Gasteiger partial charge in [0.05, 0.1) is 0 Å². The summed E-state index contributed by atoms with van der Waals surface area (Å²) in [5.41, 5.74) is 6.18. The van der Waals surface area contributed by atoms with Gasteiger partial charge in [-0.05, 0) is 50.6 Å². The standard InChI is InChI=1S/C15H23FN2O/c1-3-14(13-10-18-9-8-15(13,2)17)19-12-6-4-11(16)5-7-12/h4-7,13-14,18H,3,8-10,17H2,1-2H3. The molecule has 0 radical (unpaired) electrons. The smallest absolute Gasteiger partial charge is 0.123 e. The van der Waals surface area contributed by atoms with Crippen LogP contribution in [0.1, 0.15) is 26.7 Å². The van der Waals surface area contributed by atoms with E-state index in [1.165, 1.54) is 12.1 Å². The molecular formula is C15H23FN2O. The van der Waals surface area contributed by atoms with Crippen molar-refractivity contribution in [3.05, 3.63) is 30.1 Å². The molecule has 1 aromatic rings. The summed E-state index contributed by atoms with van der Waals surface area (Å²) in [7, 11) is 0. The number of rotatable bonds is 4. The second kappa shape index (κ2) is 5.88. The van der Waals surface area contributed by atoms with Crippen LogP contribution in [0.3, 0.4) is 0 Å². The van der Waals surface area contributed by atoms with Crippen molar-refractivity contribution in [2.75, 3.05) is 13.1 Å². The highest BCUT2D eigenvalue weighted by Crippen LogP contribution is 2.29. The SMILES string of the molecule is CCC(Oc1ccc(F)cc1)C1CNCCC1(C)N. The maximum Gasteiger partial charge on any atom is 0.123 e. The first-order valence-corrected chi connectivity index (χ1v) is 6.95. The first-order chi connectivity index (χ1) is 9.03. The Morgan fingerprint density at radius 3 is 2.74 bits per heavy atom. The van der Waals surface area contributed by atoms with Gasteiger partial charge in [0.15, 0.2) is 0 Å². The molecule has 1 aliphatic rings. The highest BCUT2D eigenvalue weighted by Gasteiger charge is 2.38. The minimum Gasteiger partial charge on any atom is -0.490 e. The van der Waals surface area contributed by atoms with Gasteiger partial charge in [0.25, 0.3) is 0 Å². The summed E-state index contributed by atoms with van der Waals surface area (Å²) >= 11 is 0. The van der Waals surface area contributed by atoms with Crippen LogP contribution in [0.2, 0.25) is 0 Å². The monoisotopic (exact) mass is 266 g/mol. The largest absolute Gasteiger partial charge is 0.490 e. The fourth-order valence-electron chi connectivity index (χ4n) is 2.73. The molecular weight excluding hydrogens is 243 g/mol. The van der Waals surface area contributed by atoms with Gasteiger partial charge in [0.1, 0.15) is 17.7 Å². The summed E-state index contributed by atoms with van der Waals surface area (Å²) in [5, 5.41) is 3.38. The van der Waals surface area contributed by atoms with Gasteiger partial charge >= 0.3 is 0 Å². The molecule has 0 bridgehead atoms. The van der Waals surface area contributed by atoms with E-state index in [1.807, 2.05) is 0 Å². The first-order valence-electron chi connectivity index (χ1n) is 6.95. The zero-order valence-electron chi connectivity index (χ0n) is 11.7. The number of nitrogens with two attached hydrogens (primary N) is 1. The fraction of sp³-hybridized carbons (Fsp3) is 0.600. The molecule has 106 valence electrons. The lowest BCUT2D eigenvalue weighted by atomic mass is 9.77. The van der Waals surface area contributed by atoms with Gasteiger partial charge in [-0.2, -0.15) is 0 Å². The van der Waals surface area contributed by atoms with E-state index in [1.54, 1.807) is 12.1 Å². The van der Waals surface area contributed by atoms with Gasteiger partial charge in [-0.1, -0.05) is 6.92 Å². The number of ether oxygens (including phenoxy) is 1. The Kier molecular flexibility index (Phi) is 4.42. The van der Waals surface area contributed by atoms with Crippen molar-refractivity contribution >= 4 is 0 Å². The molecule has 4 heteroatoms. The van der Waals surface area contributed by atoms with E-state index < -0.39 is 0 Å². The predicted molar refractivity (Wildman–Crippen MR) is 74.7 cm³/mol. The summed E-state index contributed by atoms with van der Waals surface area (Å²) in [6, 6.07) is 6.18. The second-order valence-electron chi connectivity index (χ2n) is 5.58. The third-order valence-electron chi connectivity index (χ3n) is 4.00. The fourth-order valence-corrected chi connectivity index (χ4v) is 2.73. The van der Waals surface area contributed by atoms with Gasteiger partial charge in [-0.15, -0.1) is 0 Å². The predicted octanol–water partition coefficient (Wildman–Crippen LogP) is 2.31.